The zero-order valence-corrected chi connectivity index (χ0v) is 9.81. The first kappa shape index (κ1) is 12.5. The van der Waals surface area contributed by atoms with Gasteiger partial charge in [-0.2, -0.15) is 0 Å². The summed E-state index contributed by atoms with van der Waals surface area (Å²) < 4.78 is 0. The molecule has 0 spiro atoms. The van der Waals surface area contributed by atoms with E-state index in [0.29, 0.717) is 6.54 Å². The van der Waals surface area contributed by atoms with Crippen molar-refractivity contribution in [2.24, 2.45) is 11.7 Å². The van der Waals surface area contributed by atoms with Crippen molar-refractivity contribution in [3.63, 3.8) is 0 Å². The molecule has 4 nitrogen and oxygen atoms in total. The third kappa shape index (κ3) is 2.92. The van der Waals surface area contributed by atoms with Gasteiger partial charge in [-0.25, -0.2) is 0 Å². The summed E-state index contributed by atoms with van der Waals surface area (Å²) in [5.74, 6) is 0.295. The summed E-state index contributed by atoms with van der Waals surface area (Å²) in [6.07, 6.45) is 2.73. The highest BCUT2D eigenvalue weighted by Crippen LogP contribution is 2.16. The Morgan fingerprint density at radius 1 is 1.53 bits per heavy atom. The average Bonchev–Trinajstić information content (AvgIpc) is 2.79. The maximum atomic E-state index is 11.9. The molecule has 0 unspecified atom stereocenters. The molecule has 0 aromatic rings. The van der Waals surface area contributed by atoms with Gasteiger partial charge in [0.2, 0.25) is 5.91 Å². The summed E-state index contributed by atoms with van der Waals surface area (Å²) in [5, 5.41) is 6.32. The van der Waals surface area contributed by atoms with E-state index in [0.717, 1.165) is 32.4 Å². The van der Waals surface area contributed by atoms with Crippen molar-refractivity contribution in [1.29, 1.82) is 0 Å². The molecule has 0 aromatic carbocycles. The van der Waals surface area contributed by atoms with Crippen molar-refractivity contribution in [3.8, 4) is 0 Å². The lowest BCUT2D eigenvalue weighted by Crippen LogP contribution is -2.54. The van der Waals surface area contributed by atoms with Crippen LogP contribution in [0.5, 0.6) is 0 Å². The molecule has 0 aromatic heterocycles. The summed E-state index contributed by atoms with van der Waals surface area (Å²) in [7, 11) is 0. The van der Waals surface area contributed by atoms with Gasteiger partial charge in [0, 0.05) is 13.1 Å². The molecular formula is C11H23N3O. The molecule has 1 aliphatic rings. The van der Waals surface area contributed by atoms with Crippen molar-refractivity contribution >= 4 is 5.91 Å². The predicted molar refractivity (Wildman–Crippen MR) is 61.5 cm³/mol. The molecule has 1 heterocycles. The van der Waals surface area contributed by atoms with Gasteiger partial charge in [-0.1, -0.05) is 13.8 Å². The van der Waals surface area contributed by atoms with E-state index < -0.39 is 0 Å². The van der Waals surface area contributed by atoms with Gasteiger partial charge >= 0.3 is 0 Å². The summed E-state index contributed by atoms with van der Waals surface area (Å²) in [4.78, 5) is 11.9. The van der Waals surface area contributed by atoms with E-state index >= 15 is 0 Å². The lowest BCUT2D eigenvalue weighted by atomic mass is 9.92. The molecular weight excluding hydrogens is 190 g/mol. The number of hydrogen-bond acceptors (Lipinski definition) is 3. The minimum absolute atomic E-state index is 0.133. The second kappa shape index (κ2) is 5.47. The molecule has 1 amide bonds. The first-order chi connectivity index (χ1) is 7.17. The normalized spacial score (nSPS) is 21.7. The van der Waals surface area contributed by atoms with Crippen LogP contribution in [0.15, 0.2) is 0 Å². The Kier molecular flexibility index (Phi) is 4.54. The monoisotopic (exact) mass is 213 g/mol. The molecule has 1 rings (SSSR count). The van der Waals surface area contributed by atoms with Gasteiger partial charge in [-0.3, -0.25) is 4.79 Å². The molecule has 15 heavy (non-hydrogen) atoms. The number of nitrogens with two attached hydrogens (primary N) is 1. The summed E-state index contributed by atoms with van der Waals surface area (Å²) >= 11 is 0. The van der Waals surface area contributed by atoms with Gasteiger partial charge in [0.25, 0.3) is 0 Å². The summed E-state index contributed by atoms with van der Waals surface area (Å²) in [6.45, 7) is 6.42. The van der Waals surface area contributed by atoms with E-state index in [1.54, 1.807) is 0 Å². The molecule has 1 saturated heterocycles. The van der Waals surface area contributed by atoms with E-state index in [2.05, 4.69) is 24.5 Å². The van der Waals surface area contributed by atoms with E-state index in [4.69, 9.17) is 5.73 Å². The highest BCUT2D eigenvalue weighted by molar-refractivity contribution is 5.80. The number of carbonyl (C=O) groups is 1. The standard InChI is InChI=1S/C11H23N3O/c1-3-11(4-2,8-12)14-10(15)9-5-6-13-7-9/h9,13H,3-8,12H2,1-2H3,(H,14,15)/t9-/m1/s1. The molecule has 4 heteroatoms. The highest BCUT2D eigenvalue weighted by atomic mass is 16.2. The third-order valence-electron chi connectivity index (χ3n) is 3.56. The Morgan fingerprint density at radius 2 is 2.20 bits per heavy atom. The van der Waals surface area contributed by atoms with Gasteiger partial charge in [-0.05, 0) is 25.8 Å². The molecule has 0 saturated carbocycles. The van der Waals surface area contributed by atoms with Crippen molar-refractivity contribution in [2.45, 2.75) is 38.6 Å². The van der Waals surface area contributed by atoms with Crippen molar-refractivity contribution < 1.29 is 4.79 Å². The molecule has 0 bridgehead atoms. The van der Waals surface area contributed by atoms with Crippen LogP contribution in [0, 0.1) is 5.92 Å². The Bertz CT molecular complexity index is 200. The molecule has 0 radical (unpaired) electrons. The van der Waals surface area contributed by atoms with E-state index in [1.165, 1.54) is 0 Å². The second-order valence-corrected chi connectivity index (χ2v) is 4.37. The van der Waals surface area contributed by atoms with Gasteiger partial charge < -0.3 is 16.4 Å². The first-order valence-electron chi connectivity index (χ1n) is 5.90. The average molecular weight is 213 g/mol. The maximum Gasteiger partial charge on any atom is 0.224 e. The largest absolute Gasteiger partial charge is 0.349 e. The van der Waals surface area contributed by atoms with Crippen LogP contribution in [0.1, 0.15) is 33.1 Å². The van der Waals surface area contributed by atoms with Crippen molar-refractivity contribution in [3.05, 3.63) is 0 Å². The Balaban J connectivity index is 2.53. The van der Waals surface area contributed by atoms with Gasteiger partial charge in [0.05, 0.1) is 11.5 Å². The smallest absolute Gasteiger partial charge is 0.224 e. The minimum atomic E-state index is -0.195. The fraction of sp³-hybridized carbons (Fsp3) is 0.909. The Hall–Kier alpha value is -0.610. The zero-order valence-electron chi connectivity index (χ0n) is 9.81. The van der Waals surface area contributed by atoms with Crippen molar-refractivity contribution in [2.75, 3.05) is 19.6 Å². The maximum absolute atomic E-state index is 11.9. The zero-order chi connectivity index (χ0) is 11.3. The van der Waals surface area contributed by atoms with Gasteiger partial charge in [-0.15, -0.1) is 0 Å². The SMILES string of the molecule is CCC(CC)(CN)NC(=O)[C@@H]1CCNC1. The number of hydrogen-bond donors (Lipinski definition) is 3. The Labute approximate surface area is 92.0 Å². The number of carbonyl (C=O) groups excluding carboxylic acids is 1. The number of nitrogens with one attached hydrogen (secondary N) is 2. The Morgan fingerprint density at radius 3 is 2.60 bits per heavy atom. The fourth-order valence-corrected chi connectivity index (χ4v) is 2.01. The van der Waals surface area contributed by atoms with Crippen LogP contribution in [-0.2, 0) is 4.79 Å². The fourth-order valence-electron chi connectivity index (χ4n) is 2.01. The molecule has 1 atom stereocenters. The van der Waals surface area contributed by atoms with Gasteiger partial charge in [0.15, 0.2) is 0 Å². The van der Waals surface area contributed by atoms with Crippen LogP contribution in [0.3, 0.4) is 0 Å². The van der Waals surface area contributed by atoms with E-state index in [1.807, 2.05) is 0 Å². The lowest BCUT2D eigenvalue weighted by Gasteiger charge is -2.32. The van der Waals surface area contributed by atoms with E-state index in [-0.39, 0.29) is 17.4 Å². The third-order valence-corrected chi connectivity index (χ3v) is 3.56. The first-order valence-corrected chi connectivity index (χ1v) is 5.90. The predicted octanol–water partition coefficient (Wildman–Crippen LogP) is 0.230. The van der Waals surface area contributed by atoms with Crippen LogP contribution in [0.25, 0.3) is 0 Å². The van der Waals surface area contributed by atoms with Crippen molar-refractivity contribution in [1.82, 2.24) is 10.6 Å². The lowest BCUT2D eigenvalue weighted by molar-refractivity contribution is -0.126. The molecule has 0 aliphatic carbocycles. The topological polar surface area (TPSA) is 67.1 Å². The van der Waals surface area contributed by atoms with Crippen LogP contribution in [-0.4, -0.2) is 31.1 Å². The van der Waals surface area contributed by atoms with Crippen LogP contribution < -0.4 is 16.4 Å². The summed E-state index contributed by atoms with van der Waals surface area (Å²) in [6, 6.07) is 0. The number of rotatable bonds is 5. The summed E-state index contributed by atoms with van der Waals surface area (Å²) in [5.41, 5.74) is 5.55. The molecule has 4 N–H and O–H groups in total. The van der Waals surface area contributed by atoms with Crippen LogP contribution in [0.2, 0.25) is 0 Å². The molecule has 1 aliphatic heterocycles. The molecule has 1 fully saturated rings. The van der Waals surface area contributed by atoms with Crippen LogP contribution in [0.4, 0.5) is 0 Å². The highest BCUT2D eigenvalue weighted by Gasteiger charge is 2.30. The quantitative estimate of drug-likeness (QED) is 0.612. The van der Waals surface area contributed by atoms with Crippen LogP contribution >= 0.6 is 0 Å². The van der Waals surface area contributed by atoms with E-state index in [9.17, 15) is 4.79 Å². The molecule has 88 valence electrons. The second-order valence-electron chi connectivity index (χ2n) is 4.37. The number of amides is 1. The minimum Gasteiger partial charge on any atom is -0.349 e. The van der Waals surface area contributed by atoms with Gasteiger partial charge in [0.1, 0.15) is 0 Å².